The number of carbonyl (C=O) groups is 1. The van der Waals surface area contributed by atoms with E-state index in [0.717, 1.165) is 19.5 Å². The van der Waals surface area contributed by atoms with Crippen LogP contribution in [0.3, 0.4) is 0 Å². The molecule has 0 bridgehead atoms. The van der Waals surface area contributed by atoms with Gasteiger partial charge in [0.25, 0.3) is 0 Å². The lowest BCUT2D eigenvalue weighted by Gasteiger charge is -2.03. The number of hydrogen-bond donors (Lipinski definition) is 1. The molecule has 2 heterocycles. The van der Waals surface area contributed by atoms with E-state index in [1.165, 1.54) is 15.3 Å². The van der Waals surface area contributed by atoms with Crippen LogP contribution in [0.4, 0.5) is 0 Å². The number of rotatable bonds is 8. The van der Waals surface area contributed by atoms with Gasteiger partial charge in [-0.05, 0) is 42.8 Å². The second-order valence-electron chi connectivity index (χ2n) is 4.36. The SMILES string of the molecule is CCOC(=O)CCCNCc1cc(-c2cccs2)cs1. The van der Waals surface area contributed by atoms with E-state index in [1.54, 1.807) is 22.7 Å². The number of ether oxygens (including phenoxy) is 1. The Hall–Kier alpha value is -1.17. The lowest BCUT2D eigenvalue weighted by atomic mass is 10.2. The first-order valence-electron chi connectivity index (χ1n) is 6.77. The molecule has 0 unspecified atom stereocenters. The van der Waals surface area contributed by atoms with E-state index in [0.29, 0.717) is 13.0 Å². The summed E-state index contributed by atoms with van der Waals surface area (Å²) >= 11 is 3.54. The van der Waals surface area contributed by atoms with E-state index in [9.17, 15) is 4.79 Å². The normalized spacial score (nSPS) is 10.7. The van der Waals surface area contributed by atoms with Crippen molar-refractivity contribution in [1.29, 1.82) is 0 Å². The molecule has 2 rings (SSSR count). The molecule has 0 aromatic carbocycles. The Morgan fingerprint density at radius 1 is 1.40 bits per heavy atom. The van der Waals surface area contributed by atoms with E-state index in [2.05, 4.69) is 34.3 Å². The van der Waals surface area contributed by atoms with Crippen molar-refractivity contribution >= 4 is 28.6 Å². The molecule has 0 saturated carbocycles. The van der Waals surface area contributed by atoms with Crippen molar-refractivity contribution in [2.45, 2.75) is 26.3 Å². The first kappa shape index (κ1) is 15.2. The van der Waals surface area contributed by atoms with Gasteiger partial charge < -0.3 is 10.1 Å². The van der Waals surface area contributed by atoms with Crippen LogP contribution in [0.5, 0.6) is 0 Å². The highest BCUT2D eigenvalue weighted by Gasteiger charge is 2.04. The minimum absolute atomic E-state index is 0.106. The Labute approximate surface area is 127 Å². The van der Waals surface area contributed by atoms with Gasteiger partial charge in [-0.25, -0.2) is 0 Å². The van der Waals surface area contributed by atoms with Crippen molar-refractivity contribution in [2.75, 3.05) is 13.2 Å². The van der Waals surface area contributed by atoms with Crippen LogP contribution >= 0.6 is 22.7 Å². The third-order valence-electron chi connectivity index (χ3n) is 2.80. The average molecular weight is 309 g/mol. The molecule has 0 aliphatic rings. The molecule has 5 heteroatoms. The van der Waals surface area contributed by atoms with E-state index < -0.39 is 0 Å². The summed E-state index contributed by atoms with van der Waals surface area (Å²) in [5.41, 5.74) is 1.30. The van der Waals surface area contributed by atoms with Gasteiger partial charge in [0.2, 0.25) is 0 Å². The van der Waals surface area contributed by atoms with Gasteiger partial charge in [0.1, 0.15) is 0 Å². The molecule has 0 radical (unpaired) electrons. The van der Waals surface area contributed by atoms with Gasteiger partial charge in [-0.1, -0.05) is 6.07 Å². The van der Waals surface area contributed by atoms with Crippen LogP contribution in [-0.2, 0) is 16.1 Å². The lowest BCUT2D eigenvalue weighted by molar-refractivity contribution is -0.143. The van der Waals surface area contributed by atoms with Crippen molar-refractivity contribution in [2.24, 2.45) is 0 Å². The van der Waals surface area contributed by atoms with Crippen molar-refractivity contribution in [3.05, 3.63) is 33.8 Å². The lowest BCUT2D eigenvalue weighted by Crippen LogP contribution is -2.15. The summed E-state index contributed by atoms with van der Waals surface area (Å²) in [6.45, 7) is 4.00. The Kier molecular flexibility index (Phi) is 6.24. The van der Waals surface area contributed by atoms with Crippen LogP contribution in [0.1, 0.15) is 24.6 Å². The molecule has 2 aromatic heterocycles. The smallest absolute Gasteiger partial charge is 0.305 e. The Morgan fingerprint density at radius 3 is 3.05 bits per heavy atom. The van der Waals surface area contributed by atoms with Gasteiger partial charge >= 0.3 is 5.97 Å². The molecule has 20 heavy (non-hydrogen) atoms. The number of hydrogen-bond acceptors (Lipinski definition) is 5. The second kappa shape index (κ2) is 8.19. The van der Waals surface area contributed by atoms with E-state index in [-0.39, 0.29) is 5.97 Å². The minimum atomic E-state index is -0.106. The fourth-order valence-electron chi connectivity index (χ4n) is 1.85. The summed E-state index contributed by atoms with van der Waals surface area (Å²) in [5.74, 6) is -0.106. The summed E-state index contributed by atoms with van der Waals surface area (Å²) in [6, 6.07) is 6.45. The van der Waals surface area contributed by atoms with Gasteiger partial charge in [-0.3, -0.25) is 4.79 Å². The van der Waals surface area contributed by atoms with E-state index in [1.807, 2.05) is 6.92 Å². The van der Waals surface area contributed by atoms with Gasteiger partial charge in [0, 0.05) is 28.3 Å². The third-order valence-corrected chi connectivity index (χ3v) is 4.65. The van der Waals surface area contributed by atoms with Gasteiger partial charge in [-0.2, -0.15) is 0 Å². The molecular weight excluding hydrogens is 290 g/mol. The van der Waals surface area contributed by atoms with Crippen molar-refractivity contribution in [3.8, 4) is 10.4 Å². The summed E-state index contributed by atoms with van der Waals surface area (Å²) in [4.78, 5) is 13.8. The summed E-state index contributed by atoms with van der Waals surface area (Å²) in [6.07, 6.45) is 1.31. The molecule has 2 aromatic rings. The Balaban J connectivity index is 1.66. The van der Waals surface area contributed by atoms with Crippen LogP contribution in [0.15, 0.2) is 29.0 Å². The highest BCUT2D eigenvalue weighted by atomic mass is 32.1. The molecule has 1 N–H and O–H groups in total. The zero-order valence-electron chi connectivity index (χ0n) is 11.6. The molecule has 0 amide bonds. The van der Waals surface area contributed by atoms with Gasteiger partial charge in [0.05, 0.1) is 6.61 Å². The molecular formula is C15H19NO2S2. The highest BCUT2D eigenvalue weighted by Crippen LogP contribution is 2.29. The Morgan fingerprint density at radius 2 is 2.30 bits per heavy atom. The first-order chi connectivity index (χ1) is 9.79. The molecule has 3 nitrogen and oxygen atoms in total. The molecule has 0 atom stereocenters. The van der Waals surface area contributed by atoms with Gasteiger partial charge in [0.15, 0.2) is 0 Å². The monoisotopic (exact) mass is 309 g/mol. The molecule has 0 spiro atoms. The standard InChI is InChI=1S/C15H19NO2S2/c1-2-18-15(17)6-3-7-16-10-13-9-12(11-20-13)14-5-4-8-19-14/h4-5,8-9,11,16H,2-3,6-7,10H2,1H3. The van der Waals surface area contributed by atoms with Crippen molar-refractivity contribution in [1.82, 2.24) is 5.32 Å². The zero-order chi connectivity index (χ0) is 14.2. The fourth-order valence-corrected chi connectivity index (χ4v) is 3.49. The van der Waals surface area contributed by atoms with Crippen LogP contribution < -0.4 is 5.32 Å². The maximum atomic E-state index is 11.2. The minimum Gasteiger partial charge on any atom is -0.466 e. The van der Waals surface area contributed by atoms with Crippen LogP contribution in [0.2, 0.25) is 0 Å². The fraction of sp³-hybridized carbons (Fsp3) is 0.400. The molecule has 0 aliphatic carbocycles. The highest BCUT2D eigenvalue weighted by molar-refractivity contribution is 7.14. The summed E-state index contributed by atoms with van der Waals surface area (Å²) in [5, 5.41) is 7.66. The predicted octanol–water partition coefficient (Wildman–Crippen LogP) is 3.91. The maximum absolute atomic E-state index is 11.2. The number of nitrogens with one attached hydrogen (secondary N) is 1. The quantitative estimate of drug-likeness (QED) is 0.593. The molecule has 0 fully saturated rings. The number of thiophene rings is 2. The largest absolute Gasteiger partial charge is 0.466 e. The first-order valence-corrected chi connectivity index (χ1v) is 8.53. The number of carbonyl (C=O) groups excluding carboxylic acids is 1. The Bertz CT molecular complexity index is 520. The number of esters is 1. The summed E-state index contributed by atoms with van der Waals surface area (Å²) in [7, 11) is 0. The maximum Gasteiger partial charge on any atom is 0.305 e. The van der Waals surface area contributed by atoms with Crippen LogP contribution in [0.25, 0.3) is 10.4 Å². The molecule has 108 valence electrons. The predicted molar refractivity (Wildman–Crippen MR) is 85.2 cm³/mol. The second-order valence-corrected chi connectivity index (χ2v) is 6.31. The van der Waals surface area contributed by atoms with Crippen molar-refractivity contribution in [3.63, 3.8) is 0 Å². The topological polar surface area (TPSA) is 38.3 Å². The van der Waals surface area contributed by atoms with Crippen molar-refractivity contribution < 1.29 is 9.53 Å². The van der Waals surface area contributed by atoms with Crippen LogP contribution in [0, 0.1) is 0 Å². The third kappa shape index (κ3) is 4.74. The van der Waals surface area contributed by atoms with E-state index >= 15 is 0 Å². The molecule has 0 saturated heterocycles. The van der Waals surface area contributed by atoms with Crippen LogP contribution in [-0.4, -0.2) is 19.1 Å². The molecule has 0 aliphatic heterocycles. The summed E-state index contributed by atoms with van der Waals surface area (Å²) < 4.78 is 4.89. The average Bonchev–Trinajstić information content (AvgIpc) is 3.09. The zero-order valence-corrected chi connectivity index (χ0v) is 13.2. The van der Waals surface area contributed by atoms with E-state index in [4.69, 9.17) is 4.74 Å². The van der Waals surface area contributed by atoms with Gasteiger partial charge in [-0.15, -0.1) is 22.7 Å².